The fourth-order valence-electron chi connectivity index (χ4n) is 2.89. The van der Waals surface area contributed by atoms with Gasteiger partial charge in [-0.1, -0.05) is 23.4 Å². The molecule has 0 unspecified atom stereocenters. The Balaban J connectivity index is 1.62. The normalized spacial score (nSPS) is 11.0. The molecule has 32 heavy (non-hydrogen) atoms. The zero-order valence-corrected chi connectivity index (χ0v) is 17.9. The number of thioether (sulfide) groups is 1. The van der Waals surface area contributed by atoms with Gasteiger partial charge in [-0.3, -0.25) is 19.3 Å². The highest BCUT2D eigenvalue weighted by molar-refractivity contribution is 7.99. The van der Waals surface area contributed by atoms with Gasteiger partial charge in [0.25, 0.3) is 5.56 Å². The maximum absolute atomic E-state index is 13.8. The molecule has 4 rings (SSSR count). The van der Waals surface area contributed by atoms with Crippen LogP contribution >= 0.6 is 23.4 Å². The zero-order chi connectivity index (χ0) is 22.8. The Hall–Kier alpha value is -3.44. The Labute approximate surface area is 188 Å². The second-order valence-electron chi connectivity index (χ2n) is 6.45. The van der Waals surface area contributed by atoms with Gasteiger partial charge >= 0.3 is 0 Å². The van der Waals surface area contributed by atoms with E-state index < -0.39 is 23.1 Å². The molecule has 0 atom stereocenters. The number of nitrogens with zero attached hydrogens (tertiary/aromatic N) is 3. The molecule has 0 bridgehead atoms. The van der Waals surface area contributed by atoms with Crippen LogP contribution in [0.2, 0.25) is 5.02 Å². The number of amides is 1. The third kappa shape index (κ3) is 4.30. The van der Waals surface area contributed by atoms with Crippen molar-refractivity contribution < 1.29 is 18.3 Å². The molecule has 0 saturated carbocycles. The number of halogens is 3. The summed E-state index contributed by atoms with van der Waals surface area (Å²) in [5, 5.41) is 9.67. The monoisotopic (exact) mass is 477 g/mol. The summed E-state index contributed by atoms with van der Waals surface area (Å²) in [7, 11) is 1.48. The second kappa shape index (κ2) is 8.97. The van der Waals surface area contributed by atoms with Crippen LogP contribution in [-0.4, -0.2) is 38.5 Å². The molecule has 0 aliphatic heterocycles. The van der Waals surface area contributed by atoms with Crippen molar-refractivity contribution in [3.63, 3.8) is 0 Å². The minimum Gasteiger partial charge on any atom is -0.495 e. The Bertz CT molecular complexity index is 1390. The van der Waals surface area contributed by atoms with Crippen LogP contribution in [0.1, 0.15) is 0 Å². The van der Waals surface area contributed by atoms with Gasteiger partial charge in [0, 0.05) is 11.8 Å². The first-order valence-electron chi connectivity index (χ1n) is 9.05. The summed E-state index contributed by atoms with van der Waals surface area (Å²) in [5.74, 6) is -2.23. The van der Waals surface area contributed by atoms with Crippen LogP contribution in [0.3, 0.4) is 0 Å². The number of hydrogen-bond acceptors (Lipinski definition) is 6. The van der Waals surface area contributed by atoms with E-state index in [-0.39, 0.29) is 27.6 Å². The van der Waals surface area contributed by atoms with Crippen molar-refractivity contribution in [2.75, 3.05) is 18.2 Å². The summed E-state index contributed by atoms with van der Waals surface area (Å²) in [6, 6.07) is 7.81. The van der Waals surface area contributed by atoms with Crippen LogP contribution in [0, 0.1) is 11.6 Å². The van der Waals surface area contributed by atoms with Crippen LogP contribution in [0.4, 0.5) is 14.5 Å². The van der Waals surface area contributed by atoms with Crippen molar-refractivity contribution >= 4 is 46.0 Å². The minimum absolute atomic E-state index is 0.0642. The predicted molar refractivity (Wildman–Crippen MR) is 117 cm³/mol. The fraction of sp³-hybridized carbons (Fsp3) is 0.100. The van der Waals surface area contributed by atoms with Gasteiger partial charge < -0.3 is 10.1 Å². The van der Waals surface area contributed by atoms with Crippen LogP contribution < -0.4 is 15.6 Å². The van der Waals surface area contributed by atoms with E-state index in [9.17, 15) is 18.4 Å². The average molecular weight is 478 g/mol. The average Bonchev–Trinajstić information content (AvgIpc) is 3.24. The van der Waals surface area contributed by atoms with Gasteiger partial charge in [-0.15, -0.1) is 0 Å². The Morgan fingerprint density at radius 2 is 2.06 bits per heavy atom. The highest BCUT2D eigenvalue weighted by atomic mass is 35.5. The highest BCUT2D eigenvalue weighted by Crippen LogP contribution is 2.27. The molecule has 164 valence electrons. The molecular formula is C20H14ClF2N5O3S. The molecule has 0 radical (unpaired) electrons. The van der Waals surface area contributed by atoms with E-state index in [1.165, 1.54) is 25.4 Å². The third-order valence-corrected chi connectivity index (χ3v) is 5.61. The van der Waals surface area contributed by atoms with Crippen LogP contribution in [0.5, 0.6) is 5.75 Å². The zero-order valence-electron chi connectivity index (χ0n) is 16.4. The number of carbonyl (C=O) groups is 1. The van der Waals surface area contributed by atoms with Gasteiger partial charge in [0.1, 0.15) is 11.1 Å². The summed E-state index contributed by atoms with van der Waals surface area (Å²) in [5.41, 5.74) is 0.184. The Morgan fingerprint density at radius 1 is 1.25 bits per heavy atom. The molecule has 0 saturated heterocycles. The number of aromatic amines is 1. The maximum atomic E-state index is 13.8. The van der Waals surface area contributed by atoms with Gasteiger partial charge in [-0.25, -0.2) is 13.8 Å². The number of anilines is 1. The summed E-state index contributed by atoms with van der Waals surface area (Å²) < 4.78 is 33.4. The van der Waals surface area contributed by atoms with Crippen LogP contribution in [-0.2, 0) is 4.79 Å². The molecule has 4 aromatic rings. The molecule has 0 spiro atoms. The molecule has 1 amide bonds. The van der Waals surface area contributed by atoms with E-state index in [4.69, 9.17) is 16.3 Å². The molecule has 2 aromatic carbocycles. The molecule has 0 aliphatic rings. The van der Waals surface area contributed by atoms with Gasteiger partial charge in [0.05, 0.1) is 29.8 Å². The first-order valence-corrected chi connectivity index (χ1v) is 10.4. The number of hydrogen-bond donors (Lipinski definition) is 2. The number of benzene rings is 2. The molecule has 0 aliphatic carbocycles. The van der Waals surface area contributed by atoms with Crippen molar-refractivity contribution in [2.45, 2.75) is 5.16 Å². The fourth-order valence-corrected chi connectivity index (χ4v) is 3.96. The number of ether oxygens (including phenoxy) is 1. The van der Waals surface area contributed by atoms with E-state index in [0.717, 1.165) is 28.5 Å². The largest absolute Gasteiger partial charge is 0.495 e. The molecule has 0 fully saturated rings. The van der Waals surface area contributed by atoms with Crippen molar-refractivity contribution in [2.24, 2.45) is 0 Å². The molecule has 8 nitrogen and oxygen atoms in total. The predicted octanol–water partition coefficient (Wildman–Crippen LogP) is 3.78. The van der Waals surface area contributed by atoms with E-state index in [0.29, 0.717) is 16.5 Å². The van der Waals surface area contributed by atoms with E-state index in [1.54, 1.807) is 12.1 Å². The van der Waals surface area contributed by atoms with Crippen LogP contribution in [0.25, 0.3) is 16.7 Å². The number of rotatable bonds is 6. The lowest BCUT2D eigenvalue weighted by Gasteiger charge is -2.12. The van der Waals surface area contributed by atoms with E-state index in [2.05, 4.69) is 20.5 Å². The highest BCUT2D eigenvalue weighted by Gasteiger charge is 2.17. The van der Waals surface area contributed by atoms with Crippen molar-refractivity contribution in [3.8, 4) is 11.4 Å². The summed E-state index contributed by atoms with van der Waals surface area (Å²) in [6.07, 6.45) is 1.29. The van der Waals surface area contributed by atoms with Gasteiger partial charge in [0.15, 0.2) is 22.4 Å². The minimum atomic E-state index is -1.12. The van der Waals surface area contributed by atoms with E-state index in [1.807, 2.05) is 0 Å². The number of nitrogens with one attached hydrogen (secondary N) is 2. The summed E-state index contributed by atoms with van der Waals surface area (Å²) >= 11 is 7.01. The standard InChI is InChI=1S/C20H14ClF2N5O3S/c1-31-16-5-2-10(6-13(16)21)25-17(29)9-32-20-26-18-12(8-24-27-18)19(30)28(20)11-3-4-14(22)15(23)7-11/h2-8H,9H2,1H3,(H,24,27)(H,25,29). The lowest BCUT2D eigenvalue weighted by molar-refractivity contribution is -0.113. The van der Waals surface area contributed by atoms with E-state index >= 15 is 0 Å². The summed E-state index contributed by atoms with van der Waals surface area (Å²) in [6.45, 7) is 0. The number of methoxy groups -OCH3 is 1. The van der Waals surface area contributed by atoms with Crippen molar-refractivity contribution in [1.82, 2.24) is 19.7 Å². The van der Waals surface area contributed by atoms with Crippen LogP contribution in [0.15, 0.2) is 52.5 Å². The number of aromatic nitrogens is 4. The molecule has 12 heteroatoms. The number of fused-ring (bicyclic) bond motifs is 1. The topological polar surface area (TPSA) is 102 Å². The first kappa shape index (κ1) is 21.8. The lowest BCUT2D eigenvalue weighted by atomic mass is 10.3. The first-order chi connectivity index (χ1) is 15.4. The molecular weight excluding hydrogens is 464 g/mol. The SMILES string of the molecule is COc1ccc(NC(=O)CSc2nc3[nH]ncc3c(=O)n2-c2ccc(F)c(F)c2)cc1Cl. The summed E-state index contributed by atoms with van der Waals surface area (Å²) in [4.78, 5) is 29.7. The molecule has 2 aromatic heterocycles. The van der Waals surface area contributed by atoms with Gasteiger partial charge in [-0.05, 0) is 30.3 Å². The Morgan fingerprint density at radius 3 is 2.78 bits per heavy atom. The quantitative estimate of drug-likeness (QED) is 0.324. The number of carbonyl (C=O) groups excluding carboxylic acids is 1. The lowest BCUT2D eigenvalue weighted by Crippen LogP contribution is -2.22. The smallest absolute Gasteiger partial charge is 0.269 e. The Kier molecular flexibility index (Phi) is 6.10. The maximum Gasteiger partial charge on any atom is 0.269 e. The third-order valence-electron chi connectivity index (χ3n) is 4.38. The molecule has 2 N–H and O–H groups in total. The molecule has 2 heterocycles. The van der Waals surface area contributed by atoms with Gasteiger partial charge in [0.2, 0.25) is 5.91 Å². The second-order valence-corrected chi connectivity index (χ2v) is 7.80. The van der Waals surface area contributed by atoms with Crippen molar-refractivity contribution in [1.29, 1.82) is 0 Å². The van der Waals surface area contributed by atoms with Gasteiger partial charge in [-0.2, -0.15) is 5.10 Å². The van der Waals surface area contributed by atoms with Crippen molar-refractivity contribution in [3.05, 3.63) is 69.6 Å². The number of H-pyrrole nitrogens is 1.